The van der Waals surface area contributed by atoms with Gasteiger partial charge in [0.15, 0.2) is 17.0 Å². The van der Waals surface area contributed by atoms with E-state index in [4.69, 9.17) is 36.2 Å². The van der Waals surface area contributed by atoms with Crippen LogP contribution in [0.15, 0.2) is 53.6 Å². The summed E-state index contributed by atoms with van der Waals surface area (Å²) in [6.45, 7) is 6.39. The molecular weight excluding hydrogens is 521 g/mol. The Morgan fingerprint density at radius 2 is 1.87 bits per heavy atom. The summed E-state index contributed by atoms with van der Waals surface area (Å²) in [6, 6.07) is 13.8. The zero-order chi connectivity index (χ0) is 27.2. The molecule has 1 unspecified atom stereocenters. The van der Waals surface area contributed by atoms with Crippen molar-refractivity contribution in [3.05, 3.63) is 59.9 Å². The van der Waals surface area contributed by atoms with Crippen molar-refractivity contribution in [2.24, 2.45) is 28.8 Å². The van der Waals surface area contributed by atoms with Crippen molar-refractivity contribution in [1.29, 1.82) is 0 Å². The lowest BCUT2D eigenvalue weighted by molar-refractivity contribution is -0.575. The molecule has 0 radical (unpaired) electrons. The maximum atomic E-state index is 13.8. The summed E-state index contributed by atoms with van der Waals surface area (Å²) in [5, 5.41) is 7.11. The quantitative estimate of drug-likeness (QED) is 0.209. The highest BCUT2D eigenvalue weighted by Crippen LogP contribution is 2.60. The minimum Gasteiger partial charge on any atom is -0.465 e. The third kappa shape index (κ3) is 4.93. The Morgan fingerprint density at radius 1 is 1.08 bits per heavy atom. The van der Waals surface area contributed by atoms with Gasteiger partial charge >= 0.3 is 0 Å². The molecule has 0 amide bonds. The Hall–Kier alpha value is -2.63. The van der Waals surface area contributed by atoms with Gasteiger partial charge in [0.25, 0.3) is 0 Å². The molecule has 1 spiro atoms. The summed E-state index contributed by atoms with van der Waals surface area (Å²) >= 11 is 5.18. The molecule has 208 valence electrons. The van der Waals surface area contributed by atoms with Crippen molar-refractivity contribution >= 4 is 29.2 Å². The molecule has 5 fully saturated rings. The number of anilines is 1. The number of nitrogens with one attached hydrogen (secondary N) is 2. The van der Waals surface area contributed by atoms with Crippen LogP contribution >= 0.6 is 12.2 Å². The maximum Gasteiger partial charge on any atom is 0.205 e. The molecule has 10 heteroatoms. The van der Waals surface area contributed by atoms with Crippen LogP contribution in [0.3, 0.4) is 0 Å². The number of nitrogens with zero attached hydrogens (tertiary/aromatic N) is 1. The lowest BCUT2D eigenvalue weighted by Crippen LogP contribution is -2.70. The van der Waals surface area contributed by atoms with Gasteiger partial charge < -0.3 is 19.5 Å². The van der Waals surface area contributed by atoms with Crippen molar-refractivity contribution in [2.45, 2.75) is 70.4 Å². The minimum atomic E-state index is -0.815. The van der Waals surface area contributed by atoms with Crippen LogP contribution in [-0.2, 0) is 19.2 Å². The zero-order valence-corrected chi connectivity index (χ0v) is 23.1. The third-order valence-corrected chi connectivity index (χ3v) is 8.92. The summed E-state index contributed by atoms with van der Waals surface area (Å²) in [5.74, 6) is 0.592. The van der Waals surface area contributed by atoms with Gasteiger partial charge in [0, 0.05) is 18.3 Å². The molecule has 5 aliphatic rings. The fourth-order valence-electron chi connectivity index (χ4n) is 6.65. The average molecular weight is 556 g/mol. The van der Waals surface area contributed by atoms with Gasteiger partial charge in [-0.05, 0) is 92.2 Å². The minimum absolute atomic E-state index is 0.0827. The van der Waals surface area contributed by atoms with E-state index in [2.05, 4.69) is 29.7 Å². The van der Waals surface area contributed by atoms with E-state index < -0.39 is 29.8 Å². The van der Waals surface area contributed by atoms with Crippen molar-refractivity contribution in [2.75, 3.05) is 5.32 Å². The van der Waals surface area contributed by atoms with Gasteiger partial charge in [-0.25, -0.2) is 14.2 Å². The normalized spacial score (nSPS) is 37.1. The molecule has 4 aliphatic heterocycles. The fraction of sp³-hybridized carbons (Fsp3) is 0.517. The SMILES string of the molecule is C[C@H]1[C@@H](Oc2ccc(/C=N/NC(=S)Nc3ccccc3F)cc2)O[C@@H]2OC3(C)CC[C@H]4[C@H](C)CC[C@@H]1[C@@]24OO3. The number of thiocarbonyl (C=S) groups is 1. The Balaban J connectivity index is 1.10. The van der Waals surface area contributed by atoms with Crippen molar-refractivity contribution in [3.63, 3.8) is 0 Å². The van der Waals surface area contributed by atoms with E-state index in [0.717, 1.165) is 31.2 Å². The number of ether oxygens (including phenoxy) is 3. The second-order valence-electron chi connectivity index (χ2n) is 11.3. The molecule has 8 nitrogen and oxygen atoms in total. The Kier molecular flexibility index (Phi) is 7.09. The van der Waals surface area contributed by atoms with Crippen molar-refractivity contribution < 1.29 is 28.4 Å². The Morgan fingerprint density at radius 3 is 2.67 bits per heavy atom. The van der Waals surface area contributed by atoms with E-state index in [1.807, 2.05) is 31.2 Å². The van der Waals surface area contributed by atoms with Gasteiger partial charge in [-0.1, -0.05) is 26.0 Å². The van der Waals surface area contributed by atoms with Crippen LogP contribution in [0, 0.1) is 29.5 Å². The molecule has 2 bridgehead atoms. The molecule has 39 heavy (non-hydrogen) atoms. The topological polar surface area (TPSA) is 82.6 Å². The van der Waals surface area contributed by atoms with E-state index in [0.29, 0.717) is 17.6 Å². The summed E-state index contributed by atoms with van der Waals surface area (Å²) in [6.07, 6.45) is 4.53. The molecule has 8 atom stereocenters. The van der Waals surface area contributed by atoms with Crippen molar-refractivity contribution in [3.8, 4) is 5.75 Å². The van der Waals surface area contributed by atoms with Gasteiger partial charge in [-0.15, -0.1) is 0 Å². The summed E-state index contributed by atoms with van der Waals surface area (Å²) in [7, 11) is 0. The largest absolute Gasteiger partial charge is 0.465 e. The monoisotopic (exact) mass is 555 g/mol. The van der Waals surface area contributed by atoms with Crippen LogP contribution in [0.4, 0.5) is 10.1 Å². The highest BCUT2D eigenvalue weighted by atomic mass is 32.1. The molecular formula is C29H34FN3O5S. The molecule has 2 aromatic rings. The van der Waals surface area contributed by atoms with Gasteiger partial charge in [0.2, 0.25) is 12.1 Å². The first kappa shape index (κ1) is 26.6. The van der Waals surface area contributed by atoms with E-state index in [9.17, 15) is 4.39 Å². The molecule has 7 rings (SSSR count). The predicted molar refractivity (Wildman–Crippen MR) is 147 cm³/mol. The van der Waals surface area contributed by atoms with E-state index >= 15 is 0 Å². The van der Waals surface area contributed by atoms with Crippen LogP contribution in [-0.4, -0.2) is 35.3 Å². The predicted octanol–water partition coefficient (Wildman–Crippen LogP) is 5.73. The van der Waals surface area contributed by atoms with E-state index in [1.165, 1.54) is 6.07 Å². The molecule has 2 aromatic carbocycles. The van der Waals surface area contributed by atoms with Gasteiger partial charge in [0.1, 0.15) is 11.6 Å². The molecule has 4 saturated heterocycles. The van der Waals surface area contributed by atoms with E-state index in [-0.39, 0.29) is 22.6 Å². The number of hydrogen-bond donors (Lipinski definition) is 2. The van der Waals surface area contributed by atoms with Crippen LogP contribution in [0.1, 0.15) is 52.0 Å². The Bertz CT molecular complexity index is 1250. The number of benzene rings is 2. The van der Waals surface area contributed by atoms with E-state index in [1.54, 1.807) is 24.4 Å². The second-order valence-corrected chi connectivity index (χ2v) is 11.7. The van der Waals surface area contributed by atoms with Crippen LogP contribution < -0.4 is 15.5 Å². The zero-order valence-electron chi connectivity index (χ0n) is 22.3. The molecule has 1 aliphatic carbocycles. The number of hydrogen-bond acceptors (Lipinski definition) is 7. The average Bonchev–Trinajstić information content (AvgIpc) is 3.15. The van der Waals surface area contributed by atoms with Crippen LogP contribution in [0.25, 0.3) is 0 Å². The third-order valence-electron chi connectivity index (χ3n) is 8.73. The summed E-state index contributed by atoms with van der Waals surface area (Å²) < 4.78 is 33.1. The highest BCUT2D eigenvalue weighted by molar-refractivity contribution is 7.80. The first-order valence-corrected chi connectivity index (χ1v) is 14.0. The summed E-state index contributed by atoms with van der Waals surface area (Å²) in [4.78, 5) is 12.1. The fourth-order valence-corrected chi connectivity index (χ4v) is 6.81. The number of fused-ring (bicyclic) bond motifs is 2. The molecule has 1 saturated carbocycles. The first-order valence-electron chi connectivity index (χ1n) is 13.6. The second kappa shape index (κ2) is 10.4. The number of hydrazone groups is 1. The Labute approximate surface area is 233 Å². The van der Waals surface area contributed by atoms with Gasteiger partial charge in [-0.2, -0.15) is 5.10 Å². The molecule has 2 N–H and O–H groups in total. The number of halogens is 1. The number of para-hydroxylation sites is 1. The smallest absolute Gasteiger partial charge is 0.205 e. The molecule has 0 aromatic heterocycles. The highest BCUT2D eigenvalue weighted by Gasteiger charge is 2.69. The van der Waals surface area contributed by atoms with Gasteiger partial charge in [0.05, 0.1) is 11.9 Å². The standard InChI is InChI=1S/C29H34FN3O5S/c1-17-8-13-22-18(2)25(35-26-29(22)21(17)14-15-28(3,36-26)37-38-29)34-20-11-9-19(10-12-20)16-31-33-27(39)32-24-7-5-4-6-23(24)30/h4-7,9-12,16-18,21-22,25-26H,8,13-15H2,1-3H3,(H2,32,33,39)/b31-16+/t17-,18-,21+,22+,25+,26-,28?,29-/m1/s1. The van der Waals surface area contributed by atoms with Gasteiger partial charge in [-0.3, -0.25) is 5.43 Å². The molecule has 4 heterocycles. The number of rotatable bonds is 5. The first-order chi connectivity index (χ1) is 18.8. The maximum absolute atomic E-state index is 13.8. The van der Waals surface area contributed by atoms with Crippen LogP contribution in [0.2, 0.25) is 0 Å². The van der Waals surface area contributed by atoms with Crippen molar-refractivity contribution in [1.82, 2.24) is 5.43 Å². The summed E-state index contributed by atoms with van der Waals surface area (Å²) in [5.41, 5.74) is 3.21. The lowest BCUT2D eigenvalue weighted by Gasteiger charge is -2.60. The lowest BCUT2D eigenvalue weighted by atomic mass is 9.58. The van der Waals surface area contributed by atoms with Crippen LogP contribution in [0.5, 0.6) is 5.75 Å².